The summed E-state index contributed by atoms with van der Waals surface area (Å²) in [7, 11) is 1.19. The van der Waals surface area contributed by atoms with Crippen LogP contribution < -0.4 is 0 Å². The van der Waals surface area contributed by atoms with Crippen molar-refractivity contribution in [3.05, 3.63) is 22.9 Å². The van der Waals surface area contributed by atoms with Crippen LogP contribution in [0.5, 0.6) is 5.88 Å². The number of hydrogen-bond acceptors (Lipinski definition) is 5. The third-order valence-electron chi connectivity index (χ3n) is 1.72. The third-order valence-corrected chi connectivity index (χ3v) is 1.72. The minimum atomic E-state index is -0.716. The van der Waals surface area contributed by atoms with E-state index in [4.69, 9.17) is 5.26 Å². The molecule has 72 valence electrons. The van der Waals surface area contributed by atoms with E-state index in [0.29, 0.717) is 5.69 Å². The molecular formula is C9H8N2O3. The number of methoxy groups -OCH3 is 1. The van der Waals surface area contributed by atoms with E-state index in [1.807, 2.05) is 6.07 Å². The highest BCUT2D eigenvalue weighted by atomic mass is 16.5. The van der Waals surface area contributed by atoms with E-state index in [0.717, 1.165) is 0 Å². The highest BCUT2D eigenvalue weighted by Gasteiger charge is 2.15. The Morgan fingerprint density at radius 1 is 1.71 bits per heavy atom. The molecule has 14 heavy (non-hydrogen) atoms. The Kier molecular flexibility index (Phi) is 2.67. The summed E-state index contributed by atoms with van der Waals surface area (Å²) in [6, 6.07) is 3.11. The number of aromatic hydroxyl groups is 1. The molecule has 1 heterocycles. The van der Waals surface area contributed by atoms with Gasteiger partial charge in [-0.2, -0.15) is 5.26 Å². The zero-order valence-electron chi connectivity index (χ0n) is 7.74. The second-order valence-corrected chi connectivity index (χ2v) is 2.60. The number of esters is 1. The molecule has 0 radical (unpaired) electrons. The number of rotatable bonds is 1. The van der Waals surface area contributed by atoms with Crippen molar-refractivity contribution in [3.8, 4) is 11.9 Å². The smallest absolute Gasteiger partial charge is 0.343 e. The highest BCUT2D eigenvalue weighted by Crippen LogP contribution is 2.18. The van der Waals surface area contributed by atoms with E-state index in [-0.39, 0.29) is 11.1 Å². The number of nitriles is 1. The first-order chi connectivity index (χ1) is 6.60. The van der Waals surface area contributed by atoms with Gasteiger partial charge in [-0.25, -0.2) is 9.78 Å². The second kappa shape index (κ2) is 3.75. The quantitative estimate of drug-likeness (QED) is 0.664. The maximum absolute atomic E-state index is 11.1. The van der Waals surface area contributed by atoms with Gasteiger partial charge in [0.15, 0.2) is 0 Å². The minimum Gasteiger partial charge on any atom is -0.493 e. The number of aromatic nitrogens is 1. The van der Waals surface area contributed by atoms with Crippen LogP contribution in [0.1, 0.15) is 21.6 Å². The van der Waals surface area contributed by atoms with Crippen LogP contribution in [0.25, 0.3) is 0 Å². The molecule has 1 aromatic heterocycles. The molecular weight excluding hydrogens is 184 g/mol. The summed E-state index contributed by atoms with van der Waals surface area (Å²) in [5.74, 6) is -1.14. The van der Waals surface area contributed by atoms with Crippen molar-refractivity contribution in [1.82, 2.24) is 4.98 Å². The first kappa shape index (κ1) is 9.99. The van der Waals surface area contributed by atoms with Gasteiger partial charge >= 0.3 is 5.97 Å². The molecule has 1 rings (SSSR count). The lowest BCUT2D eigenvalue weighted by atomic mass is 10.1. The molecule has 0 saturated carbocycles. The Bertz CT molecular complexity index is 421. The van der Waals surface area contributed by atoms with Crippen LogP contribution >= 0.6 is 0 Å². The number of nitrogens with zero attached hydrogens (tertiary/aromatic N) is 2. The van der Waals surface area contributed by atoms with E-state index >= 15 is 0 Å². The fraction of sp³-hybridized carbons (Fsp3) is 0.222. The Labute approximate surface area is 80.6 Å². The summed E-state index contributed by atoms with van der Waals surface area (Å²) in [5, 5.41) is 18.0. The predicted molar refractivity (Wildman–Crippen MR) is 46.7 cm³/mol. The van der Waals surface area contributed by atoms with Crippen LogP contribution in [0, 0.1) is 18.3 Å². The first-order valence-electron chi connectivity index (χ1n) is 3.79. The molecule has 1 aromatic rings. The van der Waals surface area contributed by atoms with Crippen LogP contribution in [0.4, 0.5) is 0 Å². The van der Waals surface area contributed by atoms with Crippen molar-refractivity contribution in [2.75, 3.05) is 7.11 Å². The van der Waals surface area contributed by atoms with E-state index in [1.54, 1.807) is 6.92 Å². The SMILES string of the molecule is COC(=O)c1cc(C#N)c(C)nc1O. The zero-order valence-corrected chi connectivity index (χ0v) is 7.74. The molecule has 1 N–H and O–H groups in total. The van der Waals surface area contributed by atoms with Gasteiger partial charge in [0.05, 0.1) is 18.4 Å². The fourth-order valence-corrected chi connectivity index (χ4v) is 0.966. The summed E-state index contributed by atoms with van der Waals surface area (Å²) < 4.78 is 4.41. The van der Waals surface area contributed by atoms with Crippen LogP contribution in [-0.2, 0) is 4.74 Å². The Morgan fingerprint density at radius 3 is 2.86 bits per heavy atom. The van der Waals surface area contributed by atoms with E-state index in [1.165, 1.54) is 13.2 Å². The summed E-state index contributed by atoms with van der Waals surface area (Å²) in [6.45, 7) is 1.57. The molecule has 0 aliphatic heterocycles. The lowest BCUT2D eigenvalue weighted by Gasteiger charge is -2.03. The Hall–Kier alpha value is -2.09. The molecule has 5 heteroatoms. The molecule has 0 saturated heterocycles. The monoisotopic (exact) mass is 192 g/mol. The molecule has 0 aromatic carbocycles. The van der Waals surface area contributed by atoms with Crippen LogP contribution in [0.15, 0.2) is 6.07 Å². The molecule has 0 atom stereocenters. The lowest BCUT2D eigenvalue weighted by molar-refractivity contribution is 0.0596. The van der Waals surface area contributed by atoms with Gasteiger partial charge in [-0.3, -0.25) is 0 Å². The van der Waals surface area contributed by atoms with Gasteiger partial charge in [0, 0.05) is 0 Å². The summed E-state index contributed by atoms with van der Waals surface area (Å²) in [5.41, 5.74) is 0.510. The first-order valence-corrected chi connectivity index (χ1v) is 3.79. The van der Waals surface area contributed by atoms with Gasteiger partial charge in [-0.15, -0.1) is 0 Å². The van der Waals surface area contributed by atoms with E-state index in [9.17, 15) is 9.90 Å². The van der Waals surface area contributed by atoms with E-state index < -0.39 is 11.8 Å². The minimum absolute atomic E-state index is 0.102. The number of carbonyl (C=O) groups excluding carboxylic acids is 1. The molecule has 0 amide bonds. The molecule has 0 unspecified atom stereocenters. The van der Waals surface area contributed by atoms with Gasteiger partial charge < -0.3 is 9.84 Å². The molecule has 0 fully saturated rings. The molecule has 0 spiro atoms. The Balaban J connectivity index is 3.33. The van der Waals surface area contributed by atoms with Crippen LogP contribution in [0.3, 0.4) is 0 Å². The maximum Gasteiger partial charge on any atom is 0.343 e. The van der Waals surface area contributed by atoms with Crippen molar-refractivity contribution >= 4 is 5.97 Å². The number of hydrogen-bond donors (Lipinski definition) is 1. The molecule has 0 aliphatic carbocycles. The number of aryl methyl sites for hydroxylation is 1. The lowest BCUT2D eigenvalue weighted by Crippen LogP contribution is -2.04. The topological polar surface area (TPSA) is 83.2 Å². The second-order valence-electron chi connectivity index (χ2n) is 2.60. The van der Waals surface area contributed by atoms with Crippen LogP contribution in [0.2, 0.25) is 0 Å². The average Bonchev–Trinajstić information content (AvgIpc) is 2.17. The Morgan fingerprint density at radius 2 is 2.36 bits per heavy atom. The number of ether oxygens (including phenoxy) is 1. The number of carbonyl (C=O) groups is 1. The van der Waals surface area contributed by atoms with Gasteiger partial charge in [-0.1, -0.05) is 0 Å². The summed E-state index contributed by atoms with van der Waals surface area (Å²) >= 11 is 0. The average molecular weight is 192 g/mol. The van der Waals surface area contributed by atoms with Crippen molar-refractivity contribution < 1.29 is 14.6 Å². The van der Waals surface area contributed by atoms with Gasteiger partial charge in [0.2, 0.25) is 5.88 Å². The summed E-state index contributed by atoms with van der Waals surface area (Å²) in [4.78, 5) is 14.7. The number of pyridine rings is 1. The van der Waals surface area contributed by atoms with E-state index in [2.05, 4.69) is 9.72 Å². The molecule has 0 aliphatic rings. The highest BCUT2D eigenvalue weighted by molar-refractivity contribution is 5.92. The maximum atomic E-state index is 11.1. The van der Waals surface area contributed by atoms with Crippen molar-refractivity contribution in [1.29, 1.82) is 5.26 Å². The largest absolute Gasteiger partial charge is 0.493 e. The standard InChI is InChI=1S/C9H8N2O3/c1-5-6(4-10)3-7(8(12)11-5)9(13)14-2/h3H,1-2H3,(H,11,12). The van der Waals surface area contributed by atoms with Crippen molar-refractivity contribution in [2.24, 2.45) is 0 Å². The van der Waals surface area contributed by atoms with Crippen molar-refractivity contribution in [2.45, 2.75) is 6.92 Å². The van der Waals surface area contributed by atoms with Crippen LogP contribution in [-0.4, -0.2) is 23.2 Å². The third kappa shape index (κ3) is 1.64. The fourth-order valence-electron chi connectivity index (χ4n) is 0.966. The predicted octanol–water partition coefficient (Wildman–Crippen LogP) is 0.754. The normalized spacial score (nSPS) is 9.21. The van der Waals surface area contributed by atoms with Gasteiger partial charge in [0.25, 0.3) is 0 Å². The summed E-state index contributed by atoms with van der Waals surface area (Å²) in [6.07, 6.45) is 0. The molecule has 5 nitrogen and oxygen atoms in total. The molecule has 0 bridgehead atoms. The zero-order chi connectivity index (χ0) is 10.7. The van der Waals surface area contributed by atoms with Gasteiger partial charge in [0.1, 0.15) is 11.6 Å². The van der Waals surface area contributed by atoms with Crippen molar-refractivity contribution in [3.63, 3.8) is 0 Å². The van der Waals surface area contributed by atoms with Gasteiger partial charge in [-0.05, 0) is 13.0 Å².